The molecule has 1 aromatic rings. The Morgan fingerprint density at radius 1 is 1.33 bits per heavy atom. The van der Waals surface area contributed by atoms with Gasteiger partial charge in [-0.1, -0.05) is 23.2 Å². The predicted molar refractivity (Wildman–Crippen MR) is 83.4 cm³/mol. The third kappa shape index (κ3) is 2.98. The van der Waals surface area contributed by atoms with Crippen LogP contribution in [0.5, 0.6) is 5.75 Å². The highest BCUT2D eigenvalue weighted by atomic mass is 35.5. The van der Waals surface area contributed by atoms with Crippen molar-refractivity contribution in [2.45, 2.75) is 18.9 Å². The van der Waals surface area contributed by atoms with Crippen LogP contribution >= 0.6 is 23.2 Å². The van der Waals surface area contributed by atoms with Crippen molar-refractivity contribution in [3.05, 3.63) is 27.7 Å². The molecule has 4 rings (SSSR count). The number of hydrogen-bond acceptors (Lipinski definition) is 3. The van der Waals surface area contributed by atoms with Gasteiger partial charge in [0, 0.05) is 17.6 Å². The van der Waals surface area contributed by atoms with E-state index in [1.165, 1.54) is 7.11 Å². The fraction of sp³-hybridized carbons (Fsp3) is 0.533. The molecule has 0 spiro atoms. The second kappa shape index (κ2) is 6.03. The minimum atomic E-state index is -0.171. The summed E-state index contributed by atoms with van der Waals surface area (Å²) < 4.78 is 5.24. The summed E-state index contributed by atoms with van der Waals surface area (Å²) in [6, 6.07) is 3.37. The minimum absolute atomic E-state index is 0.171. The Bertz CT molecular complexity index is 557. The third-order valence-corrected chi connectivity index (χ3v) is 4.93. The van der Waals surface area contributed by atoms with Gasteiger partial charge in [-0.05, 0) is 44.0 Å². The number of methoxy groups -OCH3 is 1. The number of carbonyl (C=O) groups is 1. The van der Waals surface area contributed by atoms with Gasteiger partial charge in [-0.25, -0.2) is 0 Å². The second-order valence-corrected chi connectivity index (χ2v) is 6.53. The summed E-state index contributed by atoms with van der Waals surface area (Å²) in [5.41, 5.74) is 0.395. The van der Waals surface area contributed by atoms with Gasteiger partial charge < -0.3 is 15.0 Å². The van der Waals surface area contributed by atoms with Gasteiger partial charge in [-0.3, -0.25) is 4.79 Å². The summed E-state index contributed by atoms with van der Waals surface area (Å²) >= 11 is 12.1. The molecule has 1 amide bonds. The lowest BCUT2D eigenvalue weighted by Crippen LogP contribution is -2.57. The van der Waals surface area contributed by atoms with E-state index in [0.29, 0.717) is 27.3 Å². The number of halogens is 2. The molecule has 3 aliphatic heterocycles. The maximum absolute atomic E-state index is 12.5. The molecule has 4 nitrogen and oxygen atoms in total. The van der Waals surface area contributed by atoms with Crippen molar-refractivity contribution in [3.63, 3.8) is 0 Å². The van der Waals surface area contributed by atoms with E-state index < -0.39 is 0 Å². The zero-order valence-corrected chi connectivity index (χ0v) is 13.4. The lowest BCUT2D eigenvalue weighted by molar-refractivity contribution is 0.0619. The number of rotatable bonds is 3. The van der Waals surface area contributed by atoms with Crippen LogP contribution in [0.25, 0.3) is 0 Å². The first kappa shape index (κ1) is 14.9. The van der Waals surface area contributed by atoms with Crippen molar-refractivity contribution in [1.29, 1.82) is 0 Å². The Kier molecular flexibility index (Phi) is 4.29. The molecule has 0 aromatic heterocycles. The van der Waals surface area contributed by atoms with Crippen LogP contribution in [0.3, 0.4) is 0 Å². The highest BCUT2D eigenvalue weighted by Gasteiger charge is 2.35. The zero-order valence-electron chi connectivity index (χ0n) is 11.9. The number of nitrogens with one attached hydrogen (secondary N) is 1. The lowest BCUT2D eigenvalue weighted by atomic mass is 9.84. The SMILES string of the molecule is COc1c(Cl)cc(Cl)cc1C(=O)NC1CN2CCC1CC2. The van der Waals surface area contributed by atoms with E-state index in [0.717, 1.165) is 32.5 Å². The van der Waals surface area contributed by atoms with E-state index in [9.17, 15) is 4.79 Å². The predicted octanol–water partition coefficient (Wildman–Crippen LogP) is 2.83. The average molecular weight is 329 g/mol. The smallest absolute Gasteiger partial charge is 0.255 e. The molecular weight excluding hydrogens is 311 g/mol. The highest BCUT2D eigenvalue weighted by Crippen LogP contribution is 2.33. The number of benzene rings is 1. The van der Waals surface area contributed by atoms with Crippen molar-refractivity contribution < 1.29 is 9.53 Å². The first-order valence-corrected chi connectivity index (χ1v) is 7.90. The summed E-state index contributed by atoms with van der Waals surface area (Å²) in [4.78, 5) is 14.9. The molecule has 1 N–H and O–H groups in total. The van der Waals surface area contributed by atoms with Gasteiger partial charge in [-0.15, -0.1) is 0 Å². The Labute approximate surface area is 134 Å². The summed E-state index contributed by atoms with van der Waals surface area (Å²) in [5, 5.41) is 3.90. The fourth-order valence-corrected chi connectivity index (χ4v) is 3.88. The van der Waals surface area contributed by atoms with Crippen LogP contribution < -0.4 is 10.1 Å². The Balaban J connectivity index is 1.79. The molecule has 3 fully saturated rings. The number of hydrogen-bond donors (Lipinski definition) is 1. The molecule has 2 bridgehead atoms. The number of fused-ring (bicyclic) bond motifs is 3. The highest BCUT2D eigenvalue weighted by molar-refractivity contribution is 6.36. The van der Waals surface area contributed by atoms with Crippen molar-refractivity contribution in [1.82, 2.24) is 10.2 Å². The van der Waals surface area contributed by atoms with Crippen LogP contribution in [0.15, 0.2) is 12.1 Å². The zero-order chi connectivity index (χ0) is 15.0. The van der Waals surface area contributed by atoms with Crippen LogP contribution in [0, 0.1) is 5.92 Å². The molecule has 0 saturated carbocycles. The summed E-state index contributed by atoms with van der Waals surface area (Å²) in [7, 11) is 1.50. The Hall–Kier alpha value is -0.970. The molecule has 3 heterocycles. The molecule has 21 heavy (non-hydrogen) atoms. The number of nitrogens with zero attached hydrogens (tertiary/aromatic N) is 1. The van der Waals surface area contributed by atoms with Crippen LogP contribution in [0.4, 0.5) is 0 Å². The van der Waals surface area contributed by atoms with E-state index in [1.54, 1.807) is 12.1 Å². The van der Waals surface area contributed by atoms with Crippen molar-refractivity contribution in [2.75, 3.05) is 26.7 Å². The second-order valence-electron chi connectivity index (χ2n) is 5.69. The Morgan fingerprint density at radius 2 is 2.05 bits per heavy atom. The van der Waals surface area contributed by atoms with Crippen LogP contribution in [0.1, 0.15) is 23.2 Å². The van der Waals surface area contributed by atoms with E-state index in [1.807, 2.05) is 0 Å². The normalized spacial score (nSPS) is 27.5. The van der Waals surface area contributed by atoms with Crippen LogP contribution in [0.2, 0.25) is 10.0 Å². The van der Waals surface area contributed by atoms with Crippen molar-refractivity contribution in [3.8, 4) is 5.75 Å². The molecule has 114 valence electrons. The van der Waals surface area contributed by atoms with E-state index in [4.69, 9.17) is 27.9 Å². The summed E-state index contributed by atoms with van der Waals surface area (Å²) in [6.45, 7) is 3.21. The lowest BCUT2D eigenvalue weighted by Gasteiger charge is -2.44. The quantitative estimate of drug-likeness (QED) is 0.927. The Morgan fingerprint density at radius 3 is 2.62 bits per heavy atom. The number of amides is 1. The molecule has 1 unspecified atom stereocenters. The molecule has 0 radical (unpaired) electrons. The van der Waals surface area contributed by atoms with Crippen LogP contribution in [-0.4, -0.2) is 43.6 Å². The maximum atomic E-state index is 12.5. The van der Waals surface area contributed by atoms with Crippen molar-refractivity contribution >= 4 is 29.1 Å². The van der Waals surface area contributed by atoms with Crippen molar-refractivity contribution in [2.24, 2.45) is 5.92 Å². The van der Waals surface area contributed by atoms with Crippen LogP contribution in [-0.2, 0) is 0 Å². The standard InChI is InChI=1S/C15H18Cl2N2O2/c1-21-14-11(6-10(16)7-12(14)17)15(20)18-13-8-19-4-2-9(13)3-5-19/h6-7,9,13H,2-5,8H2,1H3,(H,18,20). The number of carbonyl (C=O) groups excluding carboxylic acids is 1. The van der Waals surface area contributed by atoms with Gasteiger partial charge in [0.15, 0.2) is 0 Å². The molecule has 3 aliphatic rings. The van der Waals surface area contributed by atoms with Gasteiger partial charge in [0.2, 0.25) is 0 Å². The van der Waals surface area contributed by atoms with Gasteiger partial charge in [-0.2, -0.15) is 0 Å². The van der Waals surface area contributed by atoms with E-state index in [-0.39, 0.29) is 11.9 Å². The largest absolute Gasteiger partial charge is 0.494 e. The number of piperidine rings is 3. The van der Waals surface area contributed by atoms with Gasteiger partial charge in [0.1, 0.15) is 5.75 Å². The molecular formula is C15H18Cl2N2O2. The molecule has 3 saturated heterocycles. The van der Waals surface area contributed by atoms with Gasteiger partial charge in [0.05, 0.1) is 17.7 Å². The maximum Gasteiger partial charge on any atom is 0.255 e. The first-order chi connectivity index (χ1) is 10.1. The third-order valence-electron chi connectivity index (χ3n) is 4.43. The topological polar surface area (TPSA) is 41.6 Å². The average Bonchev–Trinajstić information content (AvgIpc) is 2.47. The molecule has 0 aliphatic carbocycles. The van der Waals surface area contributed by atoms with Gasteiger partial charge >= 0.3 is 0 Å². The minimum Gasteiger partial charge on any atom is -0.494 e. The van der Waals surface area contributed by atoms with Gasteiger partial charge in [0.25, 0.3) is 5.91 Å². The molecule has 6 heteroatoms. The monoisotopic (exact) mass is 328 g/mol. The van der Waals surface area contributed by atoms with E-state index in [2.05, 4.69) is 10.2 Å². The first-order valence-electron chi connectivity index (χ1n) is 7.14. The molecule has 1 aromatic carbocycles. The van der Waals surface area contributed by atoms with E-state index >= 15 is 0 Å². The fourth-order valence-electron chi connectivity index (χ4n) is 3.31. The summed E-state index contributed by atoms with van der Waals surface area (Å²) in [5.74, 6) is 0.773. The summed E-state index contributed by atoms with van der Waals surface area (Å²) in [6.07, 6.45) is 2.30. The number of ether oxygens (including phenoxy) is 1. The molecule has 1 atom stereocenters.